The first-order valence-electron chi connectivity index (χ1n) is 7.74. The average Bonchev–Trinajstić information content (AvgIpc) is 2.62. The summed E-state index contributed by atoms with van der Waals surface area (Å²) in [5.41, 5.74) is 1.24. The second-order valence-electron chi connectivity index (χ2n) is 6.24. The summed E-state index contributed by atoms with van der Waals surface area (Å²) < 4.78 is 0. The molecule has 1 fully saturated rings. The van der Waals surface area contributed by atoms with E-state index < -0.39 is 17.3 Å². The van der Waals surface area contributed by atoms with Crippen molar-refractivity contribution >= 4 is 17.5 Å². The van der Waals surface area contributed by atoms with Gasteiger partial charge in [0.25, 0.3) is 0 Å². The minimum atomic E-state index is -1.59. The quantitative estimate of drug-likeness (QED) is 0.795. The number of hydrogen-bond donors (Lipinski definition) is 1. The first-order chi connectivity index (χ1) is 11.6. The van der Waals surface area contributed by atoms with Gasteiger partial charge >= 0.3 is 0 Å². The standard InChI is InChI=1S/C19H16N4S/c1-12-2-4-13(5-3-12)17-16-9-24-7-6-14(16)15(8-20)18(23)19(17,10-21)11-22/h2-6,15-17,23H,7,9H2,1H3/t15-,16-,17+/m1/s1. The van der Waals surface area contributed by atoms with Crippen LogP contribution in [0.4, 0.5) is 0 Å². The Labute approximate surface area is 145 Å². The maximum Gasteiger partial charge on any atom is 0.189 e. The number of thioether (sulfide) groups is 1. The predicted octanol–water partition coefficient (Wildman–Crippen LogP) is 3.57. The SMILES string of the molecule is Cc1ccc([C@H]2[C@@H]3CSCC=C3[C@@H](C#N)C(=N)C2(C#N)C#N)cc1. The normalized spacial score (nSPS) is 27.8. The van der Waals surface area contributed by atoms with Gasteiger partial charge in [-0.05, 0) is 18.1 Å². The fraction of sp³-hybridized carbons (Fsp3) is 0.368. The number of hydrogen-bond acceptors (Lipinski definition) is 5. The molecule has 3 atom stereocenters. The molecular formula is C19H16N4S. The number of benzene rings is 1. The molecule has 0 bridgehead atoms. The van der Waals surface area contributed by atoms with Gasteiger partial charge in [0.1, 0.15) is 5.92 Å². The highest BCUT2D eigenvalue weighted by Gasteiger charge is 2.57. The zero-order valence-electron chi connectivity index (χ0n) is 13.3. The summed E-state index contributed by atoms with van der Waals surface area (Å²) in [7, 11) is 0. The molecule has 1 aromatic rings. The lowest BCUT2D eigenvalue weighted by atomic mass is 9.55. The summed E-state index contributed by atoms with van der Waals surface area (Å²) >= 11 is 1.74. The van der Waals surface area contributed by atoms with Crippen LogP contribution in [0.15, 0.2) is 35.9 Å². The van der Waals surface area contributed by atoms with Crippen LogP contribution in [0.3, 0.4) is 0 Å². The zero-order chi connectivity index (χ0) is 17.3. The molecule has 5 heteroatoms. The Balaban J connectivity index is 2.24. The molecule has 1 heterocycles. The monoisotopic (exact) mass is 332 g/mol. The molecule has 1 saturated carbocycles. The van der Waals surface area contributed by atoms with Gasteiger partial charge in [-0.1, -0.05) is 35.9 Å². The predicted molar refractivity (Wildman–Crippen MR) is 93.3 cm³/mol. The molecule has 0 spiro atoms. The van der Waals surface area contributed by atoms with Crippen LogP contribution in [-0.4, -0.2) is 17.2 Å². The molecule has 1 aliphatic carbocycles. The molecule has 3 rings (SSSR count). The van der Waals surface area contributed by atoms with E-state index in [1.165, 1.54) is 0 Å². The second-order valence-corrected chi connectivity index (χ2v) is 7.32. The molecule has 0 unspecified atom stereocenters. The van der Waals surface area contributed by atoms with Gasteiger partial charge in [-0.25, -0.2) is 0 Å². The van der Waals surface area contributed by atoms with E-state index >= 15 is 0 Å². The molecule has 1 aliphatic heterocycles. The van der Waals surface area contributed by atoms with Gasteiger partial charge in [-0.15, -0.1) is 0 Å². The highest BCUT2D eigenvalue weighted by molar-refractivity contribution is 7.99. The summed E-state index contributed by atoms with van der Waals surface area (Å²) in [6.07, 6.45) is 2.01. The summed E-state index contributed by atoms with van der Waals surface area (Å²) in [6.45, 7) is 1.99. The van der Waals surface area contributed by atoms with Gasteiger partial charge in [0.2, 0.25) is 0 Å². The van der Waals surface area contributed by atoms with Crippen molar-refractivity contribution in [3.8, 4) is 18.2 Å². The number of allylic oxidation sites excluding steroid dienone is 1. The third-order valence-corrected chi connectivity index (χ3v) is 5.99. The van der Waals surface area contributed by atoms with E-state index in [0.29, 0.717) is 0 Å². The Kier molecular flexibility index (Phi) is 4.18. The Morgan fingerprint density at radius 2 is 1.83 bits per heavy atom. The molecule has 0 saturated heterocycles. The van der Waals surface area contributed by atoms with Gasteiger partial charge in [-0.3, -0.25) is 0 Å². The Morgan fingerprint density at radius 1 is 1.17 bits per heavy atom. The van der Waals surface area contributed by atoms with Crippen molar-refractivity contribution in [2.45, 2.75) is 12.8 Å². The highest BCUT2D eigenvalue weighted by Crippen LogP contribution is 2.54. The number of rotatable bonds is 1. The van der Waals surface area contributed by atoms with E-state index in [0.717, 1.165) is 28.2 Å². The third kappa shape index (κ3) is 2.23. The minimum absolute atomic E-state index is 0.0653. The van der Waals surface area contributed by atoms with Gasteiger partial charge in [0.15, 0.2) is 5.41 Å². The summed E-state index contributed by atoms with van der Waals surface area (Å²) in [5.74, 6) is 0.330. The van der Waals surface area contributed by atoms with Crippen LogP contribution >= 0.6 is 11.8 Å². The number of aryl methyl sites for hydroxylation is 1. The number of fused-ring (bicyclic) bond motifs is 1. The van der Waals surface area contributed by atoms with Crippen molar-refractivity contribution in [1.29, 1.82) is 21.2 Å². The number of nitrogens with zero attached hydrogens (tertiary/aromatic N) is 3. The Morgan fingerprint density at radius 3 is 2.42 bits per heavy atom. The molecule has 1 N–H and O–H groups in total. The van der Waals surface area contributed by atoms with E-state index in [4.69, 9.17) is 5.41 Å². The van der Waals surface area contributed by atoms with Gasteiger partial charge in [0, 0.05) is 23.3 Å². The smallest absolute Gasteiger partial charge is 0.189 e. The van der Waals surface area contributed by atoms with Gasteiger partial charge in [-0.2, -0.15) is 27.5 Å². The first kappa shape index (κ1) is 16.3. The van der Waals surface area contributed by atoms with E-state index in [-0.39, 0.29) is 11.6 Å². The van der Waals surface area contributed by atoms with Crippen molar-refractivity contribution < 1.29 is 0 Å². The number of nitrogens with one attached hydrogen (secondary N) is 1. The zero-order valence-corrected chi connectivity index (χ0v) is 14.1. The fourth-order valence-corrected chi connectivity index (χ4v) is 4.85. The Bertz CT molecular complexity index is 818. The topological polar surface area (TPSA) is 95.2 Å². The van der Waals surface area contributed by atoms with Gasteiger partial charge in [0.05, 0.1) is 23.9 Å². The van der Waals surface area contributed by atoms with Crippen LogP contribution in [0.25, 0.3) is 0 Å². The fourth-order valence-electron chi connectivity index (χ4n) is 3.76. The lowest BCUT2D eigenvalue weighted by Gasteiger charge is -2.45. The van der Waals surface area contributed by atoms with E-state index in [9.17, 15) is 15.8 Å². The van der Waals surface area contributed by atoms with Crippen LogP contribution in [-0.2, 0) is 0 Å². The third-order valence-electron chi connectivity index (χ3n) is 5.00. The van der Waals surface area contributed by atoms with E-state index in [2.05, 4.69) is 18.2 Å². The maximum atomic E-state index is 9.85. The summed E-state index contributed by atoms with van der Waals surface area (Å²) in [6, 6.07) is 14.2. The molecule has 2 aliphatic rings. The lowest BCUT2D eigenvalue weighted by molar-refractivity contribution is 0.378. The lowest BCUT2D eigenvalue weighted by Crippen LogP contribution is -2.49. The average molecular weight is 332 g/mol. The molecule has 1 aromatic carbocycles. The van der Waals surface area contributed by atoms with Crippen molar-refractivity contribution in [3.05, 3.63) is 47.0 Å². The van der Waals surface area contributed by atoms with E-state index in [1.54, 1.807) is 11.8 Å². The van der Waals surface area contributed by atoms with Gasteiger partial charge < -0.3 is 5.41 Å². The molecule has 4 nitrogen and oxygen atoms in total. The largest absolute Gasteiger partial charge is 0.305 e. The van der Waals surface area contributed by atoms with Crippen molar-refractivity contribution in [2.24, 2.45) is 17.3 Å². The molecular weight excluding hydrogens is 316 g/mol. The van der Waals surface area contributed by atoms with Crippen molar-refractivity contribution in [2.75, 3.05) is 11.5 Å². The molecule has 0 aromatic heterocycles. The maximum absolute atomic E-state index is 9.85. The van der Waals surface area contributed by atoms with Crippen LogP contribution < -0.4 is 0 Å². The van der Waals surface area contributed by atoms with Crippen LogP contribution in [0.2, 0.25) is 0 Å². The number of nitriles is 3. The first-order valence-corrected chi connectivity index (χ1v) is 8.89. The second kappa shape index (κ2) is 6.16. The summed E-state index contributed by atoms with van der Waals surface area (Å²) in [5, 5.41) is 37.7. The van der Waals surface area contributed by atoms with Crippen LogP contribution in [0.5, 0.6) is 0 Å². The van der Waals surface area contributed by atoms with Crippen LogP contribution in [0, 0.1) is 63.6 Å². The molecule has 0 radical (unpaired) electrons. The van der Waals surface area contributed by atoms with Crippen molar-refractivity contribution in [1.82, 2.24) is 0 Å². The molecule has 24 heavy (non-hydrogen) atoms. The minimum Gasteiger partial charge on any atom is -0.305 e. The Hall–Kier alpha value is -2.55. The van der Waals surface area contributed by atoms with Crippen molar-refractivity contribution in [3.63, 3.8) is 0 Å². The summed E-state index contributed by atoms with van der Waals surface area (Å²) in [4.78, 5) is 0. The van der Waals surface area contributed by atoms with Crippen LogP contribution in [0.1, 0.15) is 17.0 Å². The highest BCUT2D eigenvalue weighted by atomic mass is 32.2. The molecule has 0 amide bonds. The van der Waals surface area contributed by atoms with E-state index in [1.807, 2.05) is 37.3 Å². The molecule has 118 valence electrons.